The van der Waals surface area contributed by atoms with Crippen molar-refractivity contribution >= 4 is 27.9 Å². The van der Waals surface area contributed by atoms with E-state index in [1.807, 2.05) is 65.0 Å². The smallest absolute Gasteiger partial charge is 0.407 e. The average molecular weight is 520 g/mol. The number of pyridine rings is 2. The normalized spacial score (nSPS) is 12.5. The topological polar surface area (TPSA) is 93.3 Å². The molecule has 0 aliphatic heterocycles. The van der Waals surface area contributed by atoms with Crippen LogP contribution in [0, 0.1) is 12.7 Å². The van der Waals surface area contributed by atoms with Gasteiger partial charge < -0.3 is 19.8 Å². The number of benzene rings is 2. The number of alkyl carbamates (subject to hydrolysis) is 1. The lowest BCUT2D eigenvalue weighted by Crippen LogP contribution is -2.34. The zero-order valence-electron chi connectivity index (χ0n) is 22.9. The van der Waals surface area contributed by atoms with Crippen molar-refractivity contribution in [1.29, 1.82) is 0 Å². The van der Waals surface area contributed by atoms with Crippen molar-refractivity contribution in [2.45, 2.75) is 59.5 Å². The molecule has 0 bridgehead atoms. The van der Waals surface area contributed by atoms with Crippen molar-refractivity contribution in [1.82, 2.24) is 15.3 Å². The number of nitrogens with one attached hydrogen (secondary N) is 2. The fraction of sp³-hybridized carbons (Fsp3) is 0.367. The second kappa shape index (κ2) is 10.4. The number of methoxy groups -OCH3 is 1. The van der Waals surface area contributed by atoms with Crippen molar-refractivity contribution in [2.75, 3.05) is 13.7 Å². The molecule has 0 saturated carbocycles. The van der Waals surface area contributed by atoms with Gasteiger partial charge in [-0.05, 0) is 62.8 Å². The number of nitrogens with zero attached hydrogens (tertiary/aromatic N) is 1. The molecule has 0 aliphatic rings. The van der Waals surface area contributed by atoms with Crippen LogP contribution in [0.2, 0.25) is 0 Å². The van der Waals surface area contributed by atoms with Crippen LogP contribution in [0.25, 0.3) is 32.9 Å². The van der Waals surface area contributed by atoms with E-state index in [4.69, 9.17) is 9.47 Å². The third-order valence-electron chi connectivity index (χ3n) is 6.68. The summed E-state index contributed by atoms with van der Waals surface area (Å²) in [6.07, 6.45) is 1.87. The molecule has 200 valence electrons. The minimum Gasteiger partial charge on any atom is -0.493 e. The first kappa shape index (κ1) is 27.1. The molecule has 38 heavy (non-hydrogen) atoms. The number of rotatable bonds is 6. The van der Waals surface area contributed by atoms with Gasteiger partial charge in [-0.25, -0.2) is 9.18 Å². The Kier molecular flexibility index (Phi) is 7.44. The van der Waals surface area contributed by atoms with Gasteiger partial charge in [-0.2, -0.15) is 0 Å². The van der Waals surface area contributed by atoms with Gasteiger partial charge in [0.2, 0.25) is 0 Å². The van der Waals surface area contributed by atoms with Gasteiger partial charge in [-0.15, -0.1) is 0 Å². The highest BCUT2D eigenvalue weighted by Crippen LogP contribution is 2.43. The van der Waals surface area contributed by atoms with Gasteiger partial charge in [0.15, 0.2) is 11.6 Å². The summed E-state index contributed by atoms with van der Waals surface area (Å²) in [5, 5.41) is 3.94. The third-order valence-corrected chi connectivity index (χ3v) is 6.68. The van der Waals surface area contributed by atoms with Crippen LogP contribution >= 0.6 is 0 Å². The second-order valence-electron chi connectivity index (χ2n) is 10.5. The number of carbonyl (C=O) groups excluding carboxylic acids is 1. The van der Waals surface area contributed by atoms with E-state index in [0.29, 0.717) is 45.9 Å². The van der Waals surface area contributed by atoms with E-state index < -0.39 is 17.5 Å². The predicted octanol–water partition coefficient (Wildman–Crippen LogP) is 6.39. The number of hydrogen-bond donors (Lipinski definition) is 2. The second-order valence-corrected chi connectivity index (χ2v) is 10.5. The van der Waals surface area contributed by atoms with Crippen molar-refractivity contribution in [2.24, 2.45) is 0 Å². The number of aromatic nitrogens is 2. The minimum atomic E-state index is -0.568. The van der Waals surface area contributed by atoms with E-state index in [9.17, 15) is 9.59 Å². The molecule has 4 rings (SSSR count). The van der Waals surface area contributed by atoms with Gasteiger partial charge in [0.25, 0.3) is 5.56 Å². The van der Waals surface area contributed by atoms with Gasteiger partial charge in [0.05, 0.1) is 23.5 Å². The number of aryl methyl sites for hydroxylation is 2. The molecule has 2 N–H and O–H groups in total. The first-order valence-electron chi connectivity index (χ1n) is 12.7. The van der Waals surface area contributed by atoms with Gasteiger partial charge in [-0.1, -0.05) is 38.1 Å². The Morgan fingerprint density at radius 2 is 1.84 bits per heavy atom. The third kappa shape index (κ3) is 5.08. The maximum absolute atomic E-state index is 15.5. The van der Waals surface area contributed by atoms with E-state index in [0.717, 1.165) is 16.7 Å². The maximum Gasteiger partial charge on any atom is 0.407 e. The quantitative estimate of drug-likeness (QED) is 0.288. The fourth-order valence-electron chi connectivity index (χ4n) is 4.74. The Balaban J connectivity index is 1.82. The number of fused-ring (bicyclic) bond motifs is 3. The van der Waals surface area contributed by atoms with Crippen molar-refractivity contribution in [3.63, 3.8) is 0 Å². The highest BCUT2D eigenvalue weighted by atomic mass is 19.1. The number of halogens is 1. The van der Waals surface area contributed by atoms with Crippen LogP contribution in [0.5, 0.6) is 5.75 Å². The lowest BCUT2D eigenvalue weighted by atomic mass is 9.92. The predicted molar refractivity (Wildman–Crippen MR) is 149 cm³/mol. The zero-order valence-corrected chi connectivity index (χ0v) is 22.9. The molecule has 2 heterocycles. The molecule has 2 aromatic heterocycles. The van der Waals surface area contributed by atoms with Crippen LogP contribution in [0.3, 0.4) is 0 Å². The molecule has 0 aliphatic carbocycles. The number of H-pyrrole nitrogens is 1. The summed E-state index contributed by atoms with van der Waals surface area (Å²) in [6.45, 7) is 11.5. The Bertz CT molecular complexity index is 1570. The fourth-order valence-corrected chi connectivity index (χ4v) is 4.74. The lowest BCUT2D eigenvalue weighted by Gasteiger charge is -2.21. The van der Waals surface area contributed by atoms with Crippen LogP contribution in [0.1, 0.15) is 57.2 Å². The van der Waals surface area contributed by atoms with Crippen molar-refractivity contribution in [3.8, 4) is 16.9 Å². The SMILES string of the molecule is CCc1ccnc2c1c(=O)[nH]c1c(C)c(F)c(OC)c(-c3ccc(C(C)CNC(=O)OC(C)(C)C)cc3)c12. The number of aromatic amines is 1. The Morgan fingerprint density at radius 1 is 1.16 bits per heavy atom. The van der Waals surface area contributed by atoms with E-state index >= 15 is 4.39 Å². The Morgan fingerprint density at radius 3 is 2.45 bits per heavy atom. The van der Waals surface area contributed by atoms with Gasteiger partial charge in [0.1, 0.15) is 5.60 Å². The molecular formula is C30H34FN3O4. The van der Waals surface area contributed by atoms with Crippen LogP contribution in [-0.2, 0) is 11.2 Å². The molecule has 7 nitrogen and oxygen atoms in total. The van der Waals surface area contributed by atoms with Crippen LogP contribution < -0.4 is 15.6 Å². The van der Waals surface area contributed by atoms with Crippen molar-refractivity contribution in [3.05, 3.63) is 69.4 Å². The molecular weight excluding hydrogens is 485 g/mol. The van der Waals surface area contributed by atoms with Crippen LogP contribution in [-0.4, -0.2) is 35.3 Å². The molecule has 8 heteroatoms. The number of carbonyl (C=O) groups is 1. The summed E-state index contributed by atoms with van der Waals surface area (Å²) in [4.78, 5) is 32.6. The molecule has 2 aromatic carbocycles. The summed E-state index contributed by atoms with van der Waals surface area (Å²) in [5.41, 5.74) is 3.45. The number of hydrogen-bond acceptors (Lipinski definition) is 5. The van der Waals surface area contributed by atoms with Gasteiger partial charge in [0, 0.05) is 29.3 Å². The molecule has 1 unspecified atom stereocenters. The molecule has 0 saturated heterocycles. The summed E-state index contributed by atoms with van der Waals surface area (Å²) in [7, 11) is 1.44. The van der Waals surface area contributed by atoms with E-state index in [-0.39, 0.29) is 17.2 Å². The van der Waals surface area contributed by atoms with E-state index in [1.165, 1.54) is 7.11 Å². The van der Waals surface area contributed by atoms with Crippen LogP contribution in [0.15, 0.2) is 41.3 Å². The number of ether oxygens (including phenoxy) is 2. The molecule has 1 atom stereocenters. The molecule has 1 amide bonds. The first-order chi connectivity index (χ1) is 18.0. The monoisotopic (exact) mass is 519 g/mol. The maximum atomic E-state index is 15.5. The minimum absolute atomic E-state index is 0.0101. The molecule has 0 fully saturated rings. The van der Waals surface area contributed by atoms with Gasteiger partial charge >= 0.3 is 6.09 Å². The molecule has 0 radical (unpaired) electrons. The summed E-state index contributed by atoms with van der Waals surface area (Å²) >= 11 is 0. The number of amides is 1. The summed E-state index contributed by atoms with van der Waals surface area (Å²) < 4.78 is 26.4. The highest BCUT2D eigenvalue weighted by Gasteiger charge is 2.24. The molecule has 0 spiro atoms. The highest BCUT2D eigenvalue weighted by molar-refractivity contribution is 6.14. The van der Waals surface area contributed by atoms with E-state index in [1.54, 1.807) is 13.1 Å². The first-order valence-corrected chi connectivity index (χ1v) is 12.7. The average Bonchev–Trinajstić information content (AvgIpc) is 2.88. The Hall–Kier alpha value is -3.94. The lowest BCUT2D eigenvalue weighted by molar-refractivity contribution is 0.0525. The Labute approximate surface area is 221 Å². The van der Waals surface area contributed by atoms with Crippen LogP contribution in [0.4, 0.5) is 9.18 Å². The van der Waals surface area contributed by atoms with Crippen molar-refractivity contribution < 1.29 is 18.7 Å². The largest absolute Gasteiger partial charge is 0.493 e. The van der Waals surface area contributed by atoms with Gasteiger partial charge in [-0.3, -0.25) is 9.78 Å². The summed E-state index contributed by atoms with van der Waals surface area (Å²) in [5.74, 6) is -0.425. The zero-order chi connectivity index (χ0) is 27.8. The van der Waals surface area contributed by atoms with E-state index in [2.05, 4.69) is 15.3 Å². The summed E-state index contributed by atoms with van der Waals surface area (Å²) in [6, 6.07) is 9.51. The molecule has 4 aromatic rings. The standard InChI is InChI=1S/C30H34FN3O4/c1-8-18-13-14-32-26-22(18)28(35)34-25-17(3)24(31)27(37-7)21(23(25)26)20-11-9-19(10-12-20)16(2)15-33-29(36)38-30(4,5)6/h9-14,16H,8,15H2,1-7H3,(H,33,36)(H,34,35).